The molecule has 0 aromatic rings. The minimum atomic E-state index is 0.130. The lowest BCUT2D eigenvalue weighted by atomic mass is 9.78. The molecule has 1 N–H and O–H groups in total. The third kappa shape index (κ3) is 5.91. The standard InChI is InChI=1S/C17H31N/c1-15(2)13-17(10-6-7-11-17)14-18-12-8-9-16(3,4)5/h15,18H,6-7,10-14H2,1-5H3. The zero-order chi connectivity index (χ0) is 13.6. The van der Waals surface area contributed by atoms with Crippen LogP contribution in [0.25, 0.3) is 0 Å². The maximum Gasteiger partial charge on any atom is 0.0576 e. The van der Waals surface area contributed by atoms with Gasteiger partial charge in [0.05, 0.1) is 6.54 Å². The van der Waals surface area contributed by atoms with Crippen molar-refractivity contribution in [1.82, 2.24) is 5.32 Å². The highest BCUT2D eigenvalue weighted by Gasteiger charge is 2.33. The molecule has 0 aromatic carbocycles. The maximum absolute atomic E-state index is 3.57. The molecule has 0 atom stereocenters. The Balaban J connectivity index is 2.36. The lowest BCUT2D eigenvalue weighted by Gasteiger charge is -2.31. The second-order valence-electron chi connectivity index (χ2n) is 7.46. The van der Waals surface area contributed by atoms with Gasteiger partial charge in [-0.1, -0.05) is 38.5 Å². The number of rotatable bonds is 5. The van der Waals surface area contributed by atoms with E-state index in [4.69, 9.17) is 0 Å². The summed E-state index contributed by atoms with van der Waals surface area (Å²) in [6.45, 7) is 13.2. The summed E-state index contributed by atoms with van der Waals surface area (Å²) in [4.78, 5) is 0. The van der Waals surface area contributed by atoms with Gasteiger partial charge in [0.2, 0.25) is 0 Å². The van der Waals surface area contributed by atoms with Crippen molar-refractivity contribution < 1.29 is 0 Å². The Labute approximate surface area is 114 Å². The Morgan fingerprint density at radius 3 is 2.28 bits per heavy atom. The summed E-state index contributed by atoms with van der Waals surface area (Å²) in [6.07, 6.45) is 7.02. The summed E-state index contributed by atoms with van der Waals surface area (Å²) >= 11 is 0. The molecule has 104 valence electrons. The fourth-order valence-electron chi connectivity index (χ4n) is 3.14. The summed E-state index contributed by atoms with van der Waals surface area (Å²) in [7, 11) is 0. The predicted octanol–water partition coefficient (Wildman–Crippen LogP) is 4.23. The van der Waals surface area contributed by atoms with Crippen LogP contribution in [0.4, 0.5) is 0 Å². The molecule has 1 aliphatic rings. The maximum atomic E-state index is 3.57. The van der Waals surface area contributed by atoms with E-state index in [-0.39, 0.29) is 5.41 Å². The molecule has 0 saturated heterocycles. The van der Waals surface area contributed by atoms with Crippen molar-refractivity contribution in [2.75, 3.05) is 13.1 Å². The first-order valence-electron chi connectivity index (χ1n) is 7.54. The van der Waals surface area contributed by atoms with Crippen molar-refractivity contribution in [2.24, 2.45) is 16.7 Å². The van der Waals surface area contributed by atoms with Crippen molar-refractivity contribution in [3.05, 3.63) is 0 Å². The summed E-state index contributed by atoms with van der Waals surface area (Å²) in [6, 6.07) is 0. The fraction of sp³-hybridized carbons (Fsp3) is 0.882. The molecule has 0 unspecified atom stereocenters. The summed E-state index contributed by atoms with van der Waals surface area (Å²) in [5.41, 5.74) is 0.697. The van der Waals surface area contributed by atoms with Crippen molar-refractivity contribution >= 4 is 0 Å². The van der Waals surface area contributed by atoms with E-state index in [9.17, 15) is 0 Å². The van der Waals surface area contributed by atoms with E-state index in [1.807, 2.05) is 0 Å². The van der Waals surface area contributed by atoms with Crippen LogP contribution in [0.15, 0.2) is 0 Å². The van der Waals surface area contributed by atoms with E-state index in [1.165, 1.54) is 32.1 Å². The topological polar surface area (TPSA) is 12.0 Å². The first kappa shape index (κ1) is 15.6. The molecule has 0 spiro atoms. The second-order valence-corrected chi connectivity index (χ2v) is 7.46. The van der Waals surface area contributed by atoms with Crippen LogP contribution < -0.4 is 5.32 Å². The summed E-state index contributed by atoms with van der Waals surface area (Å²) < 4.78 is 0. The van der Waals surface area contributed by atoms with Gasteiger partial charge in [0.1, 0.15) is 0 Å². The molecule has 1 nitrogen and oxygen atoms in total. The van der Waals surface area contributed by atoms with Gasteiger partial charge in [0, 0.05) is 12.0 Å². The molecule has 0 bridgehead atoms. The smallest absolute Gasteiger partial charge is 0.0576 e. The SMILES string of the molecule is CC(C)CC1(CNCC#CC(C)(C)C)CCCC1. The van der Waals surface area contributed by atoms with Crippen molar-refractivity contribution in [2.45, 2.75) is 66.7 Å². The third-order valence-electron chi connectivity index (χ3n) is 3.68. The van der Waals surface area contributed by atoms with E-state index in [0.717, 1.165) is 19.0 Å². The Morgan fingerprint density at radius 2 is 1.78 bits per heavy atom. The Kier molecular flexibility index (Phi) is 5.73. The van der Waals surface area contributed by atoms with Gasteiger partial charge in [0.15, 0.2) is 0 Å². The first-order chi connectivity index (χ1) is 8.33. The molecule has 1 heteroatoms. The quantitative estimate of drug-likeness (QED) is 0.568. The van der Waals surface area contributed by atoms with Gasteiger partial charge in [-0.25, -0.2) is 0 Å². The summed E-state index contributed by atoms with van der Waals surface area (Å²) in [5, 5.41) is 3.57. The largest absolute Gasteiger partial charge is 0.306 e. The minimum Gasteiger partial charge on any atom is -0.306 e. The summed E-state index contributed by atoms with van der Waals surface area (Å²) in [5.74, 6) is 7.36. The van der Waals surface area contributed by atoms with E-state index in [2.05, 4.69) is 51.8 Å². The highest BCUT2D eigenvalue weighted by molar-refractivity contribution is 5.08. The molecule has 0 aliphatic heterocycles. The molecule has 0 heterocycles. The molecule has 1 aliphatic carbocycles. The first-order valence-corrected chi connectivity index (χ1v) is 7.54. The Morgan fingerprint density at radius 1 is 1.17 bits per heavy atom. The molecular weight excluding hydrogens is 218 g/mol. The van der Waals surface area contributed by atoms with Crippen LogP contribution >= 0.6 is 0 Å². The van der Waals surface area contributed by atoms with Crippen LogP contribution in [0.2, 0.25) is 0 Å². The van der Waals surface area contributed by atoms with Gasteiger partial charge in [-0.05, 0) is 51.4 Å². The fourth-order valence-corrected chi connectivity index (χ4v) is 3.14. The van der Waals surface area contributed by atoms with Crippen LogP contribution in [0.1, 0.15) is 66.7 Å². The lowest BCUT2D eigenvalue weighted by molar-refractivity contribution is 0.227. The molecule has 18 heavy (non-hydrogen) atoms. The normalized spacial score (nSPS) is 18.8. The van der Waals surface area contributed by atoms with Gasteiger partial charge in [-0.15, -0.1) is 0 Å². The van der Waals surface area contributed by atoms with E-state index >= 15 is 0 Å². The molecular formula is C17H31N. The van der Waals surface area contributed by atoms with E-state index < -0.39 is 0 Å². The van der Waals surface area contributed by atoms with Crippen LogP contribution in [0.5, 0.6) is 0 Å². The van der Waals surface area contributed by atoms with Crippen LogP contribution in [-0.4, -0.2) is 13.1 Å². The minimum absolute atomic E-state index is 0.130. The lowest BCUT2D eigenvalue weighted by Crippen LogP contribution is -2.33. The van der Waals surface area contributed by atoms with Crippen molar-refractivity contribution in [3.8, 4) is 11.8 Å². The van der Waals surface area contributed by atoms with Gasteiger partial charge in [-0.3, -0.25) is 0 Å². The molecule has 0 aromatic heterocycles. The second kappa shape index (κ2) is 6.62. The highest BCUT2D eigenvalue weighted by atomic mass is 14.9. The van der Waals surface area contributed by atoms with Gasteiger partial charge < -0.3 is 5.32 Å². The van der Waals surface area contributed by atoms with Gasteiger partial charge >= 0.3 is 0 Å². The average molecular weight is 249 g/mol. The zero-order valence-electron chi connectivity index (χ0n) is 13.0. The van der Waals surface area contributed by atoms with Crippen LogP contribution in [0.3, 0.4) is 0 Å². The Hall–Kier alpha value is -0.480. The molecule has 1 saturated carbocycles. The molecule has 1 fully saturated rings. The highest BCUT2D eigenvalue weighted by Crippen LogP contribution is 2.42. The molecule has 0 amide bonds. The monoisotopic (exact) mass is 249 g/mol. The van der Waals surface area contributed by atoms with Gasteiger partial charge in [0.25, 0.3) is 0 Å². The third-order valence-corrected chi connectivity index (χ3v) is 3.68. The number of hydrogen-bond acceptors (Lipinski definition) is 1. The zero-order valence-corrected chi connectivity index (χ0v) is 13.0. The van der Waals surface area contributed by atoms with Crippen LogP contribution in [-0.2, 0) is 0 Å². The molecule has 1 rings (SSSR count). The van der Waals surface area contributed by atoms with Crippen molar-refractivity contribution in [1.29, 1.82) is 0 Å². The molecule has 0 radical (unpaired) electrons. The Bertz CT molecular complexity index is 292. The number of hydrogen-bond donors (Lipinski definition) is 1. The van der Waals surface area contributed by atoms with E-state index in [1.54, 1.807) is 0 Å². The van der Waals surface area contributed by atoms with Crippen molar-refractivity contribution in [3.63, 3.8) is 0 Å². The average Bonchev–Trinajstić information content (AvgIpc) is 2.63. The van der Waals surface area contributed by atoms with Crippen LogP contribution in [0, 0.1) is 28.6 Å². The van der Waals surface area contributed by atoms with E-state index in [0.29, 0.717) is 5.41 Å². The number of nitrogens with one attached hydrogen (secondary N) is 1. The predicted molar refractivity (Wildman–Crippen MR) is 80.5 cm³/mol. The van der Waals surface area contributed by atoms with Gasteiger partial charge in [-0.2, -0.15) is 0 Å².